The first-order chi connectivity index (χ1) is 3.31. The predicted octanol–water partition coefficient (Wildman–Crippen LogP) is 3.03. The minimum atomic E-state index is 0.906. The molecule has 0 fully saturated rings. The van der Waals surface area contributed by atoms with Gasteiger partial charge in [0.1, 0.15) is 0 Å². The van der Waals surface area contributed by atoms with Gasteiger partial charge in [-0.2, -0.15) is 0 Å². The molecule has 0 aliphatic carbocycles. The molecule has 0 aromatic rings. The third kappa shape index (κ3) is 5.33. The average molecular weight is 324 g/mol. The lowest BCUT2D eigenvalue weighted by molar-refractivity contribution is 0.819. The fourth-order valence-electron chi connectivity index (χ4n) is 0.390. The van der Waals surface area contributed by atoms with E-state index in [1.165, 1.54) is 17.3 Å². The van der Waals surface area contributed by atoms with E-state index < -0.39 is 0 Å². The normalized spacial score (nSPS) is 14.1. The van der Waals surface area contributed by atoms with Crippen LogP contribution in [0.25, 0.3) is 0 Å². The number of alkyl halides is 2. The van der Waals surface area contributed by atoms with E-state index in [0.717, 1.165) is 3.92 Å². The second kappa shape index (κ2) is 5.59. The summed E-state index contributed by atoms with van der Waals surface area (Å²) >= 11 is 4.93. The molecule has 44 valence electrons. The Bertz CT molecular complexity index is 37.1. The summed E-state index contributed by atoms with van der Waals surface area (Å²) in [6.07, 6.45) is 2.71. The molecule has 0 spiro atoms. The van der Waals surface area contributed by atoms with Crippen molar-refractivity contribution in [1.29, 1.82) is 0 Å². The standard InChI is InChI=1S/C5H10I2/c1-2-3-5(7)4-6/h5H,2-4H2,1H3. The van der Waals surface area contributed by atoms with E-state index in [9.17, 15) is 0 Å². The maximum atomic E-state index is 2.50. The van der Waals surface area contributed by atoms with E-state index in [1.807, 2.05) is 0 Å². The predicted molar refractivity (Wildman–Crippen MR) is 51.6 cm³/mol. The molecule has 0 aromatic carbocycles. The number of rotatable bonds is 3. The van der Waals surface area contributed by atoms with Crippen LogP contribution in [-0.2, 0) is 0 Å². The van der Waals surface area contributed by atoms with E-state index in [2.05, 4.69) is 52.1 Å². The van der Waals surface area contributed by atoms with Crippen LogP contribution in [0, 0.1) is 0 Å². The van der Waals surface area contributed by atoms with Crippen molar-refractivity contribution >= 4 is 45.2 Å². The highest BCUT2D eigenvalue weighted by Gasteiger charge is 1.96. The van der Waals surface area contributed by atoms with Gasteiger partial charge in [-0.1, -0.05) is 58.5 Å². The van der Waals surface area contributed by atoms with Crippen LogP contribution in [0.2, 0.25) is 0 Å². The molecule has 0 saturated carbocycles. The molecule has 0 bridgehead atoms. The summed E-state index contributed by atoms with van der Waals surface area (Å²) in [6, 6.07) is 0. The Morgan fingerprint density at radius 2 is 2.14 bits per heavy atom. The molecular formula is C5H10I2. The number of halogens is 2. The van der Waals surface area contributed by atoms with Crippen LogP contribution in [0.1, 0.15) is 19.8 Å². The third-order valence-corrected chi connectivity index (χ3v) is 4.58. The van der Waals surface area contributed by atoms with Crippen molar-refractivity contribution in [1.82, 2.24) is 0 Å². The third-order valence-electron chi connectivity index (χ3n) is 0.769. The summed E-state index contributed by atoms with van der Waals surface area (Å²) in [6.45, 7) is 2.23. The molecule has 0 nitrogen and oxygen atoms in total. The Balaban J connectivity index is 2.83. The zero-order valence-corrected chi connectivity index (χ0v) is 8.77. The minimum absolute atomic E-state index is 0.906. The molecule has 0 rings (SSSR count). The number of hydrogen-bond donors (Lipinski definition) is 0. The molecule has 0 heterocycles. The second-order valence-corrected chi connectivity index (χ2v) is 4.18. The molecule has 0 aliphatic heterocycles. The summed E-state index contributed by atoms with van der Waals surface area (Å²) in [5, 5.41) is 0. The Kier molecular flexibility index (Phi) is 6.76. The van der Waals surface area contributed by atoms with Crippen molar-refractivity contribution in [2.75, 3.05) is 4.43 Å². The van der Waals surface area contributed by atoms with Crippen LogP contribution in [0.15, 0.2) is 0 Å². The number of hydrogen-bond acceptors (Lipinski definition) is 0. The van der Waals surface area contributed by atoms with Crippen molar-refractivity contribution in [2.45, 2.75) is 23.7 Å². The Labute approximate surface area is 72.7 Å². The van der Waals surface area contributed by atoms with Gasteiger partial charge in [0.2, 0.25) is 0 Å². The van der Waals surface area contributed by atoms with Crippen molar-refractivity contribution in [3.05, 3.63) is 0 Å². The first kappa shape index (κ1) is 8.46. The lowest BCUT2D eigenvalue weighted by Crippen LogP contribution is -1.95. The van der Waals surface area contributed by atoms with E-state index in [1.54, 1.807) is 0 Å². The van der Waals surface area contributed by atoms with E-state index in [0.29, 0.717) is 0 Å². The van der Waals surface area contributed by atoms with Crippen molar-refractivity contribution in [2.24, 2.45) is 0 Å². The highest BCUT2D eigenvalue weighted by molar-refractivity contribution is 14.1. The summed E-state index contributed by atoms with van der Waals surface area (Å²) < 4.78 is 2.20. The van der Waals surface area contributed by atoms with Gasteiger partial charge in [0.25, 0.3) is 0 Å². The van der Waals surface area contributed by atoms with Gasteiger partial charge in [-0.05, 0) is 6.42 Å². The second-order valence-electron chi connectivity index (χ2n) is 1.54. The lowest BCUT2D eigenvalue weighted by atomic mass is 10.3. The fraction of sp³-hybridized carbons (Fsp3) is 1.00. The summed E-state index contributed by atoms with van der Waals surface area (Å²) in [4.78, 5) is 0. The average Bonchev–Trinajstić information content (AvgIpc) is 1.68. The summed E-state index contributed by atoms with van der Waals surface area (Å²) in [5.41, 5.74) is 0. The van der Waals surface area contributed by atoms with Crippen molar-refractivity contribution in [3.63, 3.8) is 0 Å². The summed E-state index contributed by atoms with van der Waals surface area (Å²) in [7, 11) is 0. The van der Waals surface area contributed by atoms with Crippen molar-refractivity contribution in [3.8, 4) is 0 Å². The van der Waals surface area contributed by atoms with Crippen LogP contribution in [0.4, 0.5) is 0 Å². The van der Waals surface area contributed by atoms with Gasteiger partial charge in [0, 0.05) is 8.35 Å². The molecule has 0 aromatic heterocycles. The maximum Gasteiger partial charge on any atom is 0.0199 e. The zero-order valence-electron chi connectivity index (χ0n) is 4.45. The fourth-order valence-corrected chi connectivity index (χ4v) is 1.45. The first-order valence-electron chi connectivity index (χ1n) is 2.51. The maximum absolute atomic E-state index is 2.50. The van der Waals surface area contributed by atoms with Gasteiger partial charge >= 0.3 is 0 Å². The molecular weight excluding hydrogens is 314 g/mol. The molecule has 2 heteroatoms. The van der Waals surface area contributed by atoms with Crippen LogP contribution < -0.4 is 0 Å². The molecule has 1 atom stereocenters. The zero-order chi connectivity index (χ0) is 5.70. The first-order valence-corrected chi connectivity index (χ1v) is 5.28. The highest BCUT2D eigenvalue weighted by Crippen LogP contribution is 2.10. The van der Waals surface area contributed by atoms with Gasteiger partial charge in [-0.25, -0.2) is 0 Å². The molecule has 0 amide bonds. The lowest BCUT2D eigenvalue weighted by Gasteiger charge is -1.99. The van der Waals surface area contributed by atoms with Gasteiger partial charge in [0.15, 0.2) is 0 Å². The molecule has 1 unspecified atom stereocenters. The Morgan fingerprint density at radius 3 is 2.29 bits per heavy atom. The van der Waals surface area contributed by atoms with Gasteiger partial charge in [-0.3, -0.25) is 0 Å². The Morgan fingerprint density at radius 1 is 1.57 bits per heavy atom. The molecule has 0 N–H and O–H groups in total. The van der Waals surface area contributed by atoms with E-state index in [-0.39, 0.29) is 0 Å². The van der Waals surface area contributed by atoms with Crippen LogP contribution >= 0.6 is 45.2 Å². The molecule has 0 radical (unpaired) electrons. The quantitative estimate of drug-likeness (QED) is 0.553. The molecule has 0 aliphatic rings. The molecule has 0 saturated heterocycles. The Hall–Kier alpha value is 1.46. The van der Waals surface area contributed by atoms with Crippen LogP contribution in [-0.4, -0.2) is 8.35 Å². The summed E-state index contributed by atoms with van der Waals surface area (Å²) in [5.74, 6) is 0. The van der Waals surface area contributed by atoms with Crippen LogP contribution in [0.5, 0.6) is 0 Å². The van der Waals surface area contributed by atoms with Gasteiger partial charge < -0.3 is 0 Å². The molecule has 7 heavy (non-hydrogen) atoms. The topological polar surface area (TPSA) is 0 Å². The SMILES string of the molecule is CCCC(I)CI. The van der Waals surface area contributed by atoms with Crippen LogP contribution in [0.3, 0.4) is 0 Å². The van der Waals surface area contributed by atoms with Gasteiger partial charge in [0.05, 0.1) is 0 Å². The van der Waals surface area contributed by atoms with E-state index in [4.69, 9.17) is 0 Å². The smallest absolute Gasteiger partial charge is 0.0199 e. The monoisotopic (exact) mass is 324 g/mol. The largest absolute Gasteiger partial charge is 0.0852 e. The minimum Gasteiger partial charge on any atom is -0.0852 e. The van der Waals surface area contributed by atoms with E-state index >= 15 is 0 Å². The highest BCUT2D eigenvalue weighted by atomic mass is 127. The van der Waals surface area contributed by atoms with Gasteiger partial charge in [-0.15, -0.1) is 0 Å². The van der Waals surface area contributed by atoms with Crippen molar-refractivity contribution < 1.29 is 0 Å².